The van der Waals surface area contributed by atoms with Gasteiger partial charge in [0.05, 0.1) is 24.7 Å². The highest BCUT2D eigenvalue weighted by atomic mass is 19.4. The number of aryl methyl sites for hydroxylation is 1. The number of ketones is 1. The molecule has 0 radical (unpaired) electrons. The number of fused-ring (bicyclic) bond motifs is 1. The molecule has 0 atom stereocenters. The zero-order valence-corrected chi connectivity index (χ0v) is 21.7. The summed E-state index contributed by atoms with van der Waals surface area (Å²) >= 11 is 0. The van der Waals surface area contributed by atoms with Gasteiger partial charge >= 0.3 is 6.18 Å². The number of methoxy groups -OCH3 is 1. The first-order chi connectivity index (χ1) is 18.6. The van der Waals surface area contributed by atoms with Crippen molar-refractivity contribution in [2.24, 2.45) is 5.92 Å². The van der Waals surface area contributed by atoms with Crippen LogP contribution in [0, 0.1) is 18.7 Å². The molecule has 1 N–H and O–H groups in total. The van der Waals surface area contributed by atoms with E-state index in [1.165, 1.54) is 13.2 Å². The highest BCUT2D eigenvalue weighted by Gasteiger charge is 2.27. The number of ether oxygens (including phenoxy) is 1. The Bertz CT molecular complexity index is 1520. The average molecular weight is 540 g/mol. The van der Waals surface area contributed by atoms with Gasteiger partial charge in [-0.25, -0.2) is 9.37 Å². The lowest BCUT2D eigenvalue weighted by atomic mass is 10.00. The Kier molecular flexibility index (Phi) is 7.34. The number of anilines is 1. The summed E-state index contributed by atoms with van der Waals surface area (Å²) in [4.78, 5) is 17.2. The van der Waals surface area contributed by atoms with Crippen LogP contribution in [0.3, 0.4) is 0 Å². The third-order valence-electron chi connectivity index (χ3n) is 7.02. The fourth-order valence-electron chi connectivity index (χ4n) is 4.82. The van der Waals surface area contributed by atoms with Crippen molar-refractivity contribution >= 4 is 22.5 Å². The molecule has 5 nitrogen and oxygen atoms in total. The molecule has 0 saturated heterocycles. The van der Waals surface area contributed by atoms with Crippen LogP contribution < -0.4 is 10.1 Å². The molecule has 0 spiro atoms. The van der Waals surface area contributed by atoms with Crippen LogP contribution in [0.1, 0.15) is 52.7 Å². The van der Waals surface area contributed by atoms with Crippen molar-refractivity contribution in [3.63, 3.8) is 0 Å². The zero-order valence-electron chi connectivity index (χ0n) is 21.7. The Labute approximate surface area is 223 Å². The number of carbonyl (C=O) groups is 1. The van der Waals surface area contributed by atoms with E-state index in [1.54, 1.807) is 24.5 Å². The predicted octanol–water partition coefficient (Wildman–Crippen LogP) is 7.42. The van der Waals surface area contributed by atoms with Crippen molar-refractivity contribution in [1.82, 2.24) is 9.55 Å². The van der Waals surface area contributed by atoms with Gasteiger partial charge in [-0.05, 0) is 91.3 Å². The fraction of sp³-hybridized carbons (Fsp3) is 0.333. The lowest BCUT2D eigenvalue weighted by Gasteiger charge is -2.14. The number of imidazole rings is 1. The van der Waals surface area contributed by atoms with E-state index in [0.29, 0.717) is 46.6 Å². The molecule has 0 unspecified atom stereocenters. The van der Waals surface area contributed by atoms with Gasteiger partial charge in [0.1, 0.15) is 11.8 Å². The van der Waals surface area contributed by atoms with Crippen LogP contribution in [-0.4, -0.2) is 35.2 Å². The molecule has 1 fully saturated rings. The van der Waals surface area contributed by atoms with E-state index < -0.39 is 18.4 Å². The molecule has 0 amide bonds. The van der Waals surface area contributed by atoms with Gasteiger partial charge in [0.2, 0.25) is 0 Å². The topological polar surface area (TPSA) is 56.1 Å². The number of halogens is 4. The number of rotatable bonds is 10. The van der Waals surface area contributed by atoms with Crippen LogP contribution in [0.4, 0.5) is 23.2 Å². The third kappa shape index (κ3) is 6.24. The Hall–Kier alpha value is -3.88. The van der Waals surface area contributed by atoms with Crippen LogP contribution in [0.15, 0.2) is 54.9 Å². The first kappa shape index (κ1) is 26.7. The Morgan fingerprint density at radius 1 is 1.10 bits per heavy atom. The van der Waals surface area contributed by atoms with Crippen LogP contribution in [-0.2, 0) is 6.42 Å². The van der Waals surface area contributed by atoms with E-state index in [9.17, 15) is 22.4 Å². The number of carbonyl (C=O) groups excluding carboxylic acids is 1. The molecule has 204 valence electrons. The molecular weight excluding hydrogens is 510 g/mol. The smallest absolute Gasteiger partial charge is 0.390 e. The molecular formula is C30H29F4N3O2. The molecule has 1 aromatic heterocycles. The Morgan fingerprint density at radius 2 is 1.90 bits per heavy atom. The minimum Gasteiger partial charge on any atom is -0.494 e. The molecule has 4 aromatic rings. The first-order valence-corrected chi connectivity index (χ1v) is 12.9. The summed E-state index contributed by atoms with van der Waals surface area (Å²) in [5.41, 5.74) is 5.48. The van der Waals surface area contributed by atoms with E-state index in [2.05, 4.69) is 10.3 Å². The number of alkyl halides is 3. The maximum atomic E-state index is 14.3. The second-order valence-electron chi connectivity index (χ2n) is 10.1. The predicted molar refractivity (Wildman–Crippen MR) is 142 cm³/mol. The summed E-state index contributed by atoms with van der Waals surface area (Å²) in [5.74, 6) is 0.282. The van der Waals surface area contributed by atoms with Gasteiger partial charge < -0.3 is 10.1 Å². The number of hydrogen-bond donors (Lipinski definition) is 1. The van der Waals surface area contributed by atoms with Gasteiger partial charge in [-0.2, -0.15) is 13.2 Å². The third-order valence-corrected chi connectivity index (χ3v) is 7.02. The summed E-state index contributed by atoms with van der Waals surface area (Å²) in [6.45, 7) is 1.60. The normalized spacial score (nSPS) is 13.6. The lowest BCUT2D eigenvalue weighted by Crippen LogP contribution is -2.15. The number of nitrogens with one attached hydrogen (secondary N) is 1. The zero-order chi connectivity index (χ0) is 27.7. The van der Waals surface area contributed by atoms with Gasteiger partial charge in [0, 0.05) is 24.2 Å². The van der Waals surface area contributed by atoms with E-state index in [0.717, 1.165) is 29.7 Å². The van der Waals surface area contributed by atoms with Gasteiger partial charge in [0.15, 0.2) is 17.3 Å². The molecule has 1 aliphatic carbocycles. The maximum absolute atomic E-state index is 14.3. The molecule has 3 aromatic carbocycles. The van der Waals surface area contributed by atoms with Gasteiger partial charge in [-0.1, -0.05) is 6.07 Å². The summed E-state index contributed by atoms with van der Waals surface area (Å²) in [6.07, 6.45) is -0.529. The van der Waals surface area contributed by atoms with Gasteiger partial charge in [-0.3, -0.25) is 9.36 Å². The molecule has 0 aliphatic heterocycles. The van der Waals surface area contributed by atoms with Crippen LogP contribution in [0.2, 0.25) is 0 Å². The standard InChI is InChI=1S/C30H29F4N3O2/c1-18-11-22(6-7-23(18)27(38)16-19-3-4-19)37-17-36-29-25(35-10-9-30(32,33)34)14-21(15-26(29)37)12-20-5-8-28(39-2)24(31)13-20/h5-8,11,13-15,17,19,35H,3-4,9-10,12,16H2,1-2H3. The quantitative estimate of drug-likeness (QED) is 0.168. The minimum absolute atomic E-state index is 0.135. The summed E-state index contributed by atoms with van der Waals surface area (Å²) in [6, 6.07) is 13.9. The SMILES string of the molecule is COc1ccc(Cc2cc(NCCC(F)(F)F)c3ncn(-c4ccc(C(=O)CC5CC5)c(C)c4)c3c2)cc1F. The second-order valence-corrected chi connectivity index (χ2v) is 10.1. The Balaban J connectivity index is 1.51. The largest absolute Gasteiger partial charge is 0.494 e. The van der Waals surface area contributed by atoms with Crippen molar-refractivity contribution in [3.05, 3.63) is 82.9 Å². The van der Waals surface area contributed by atoms with Crippen molar-refractivity contribution < 1.29 is 27.1 Å². The highest BCUT2D eigenvalue weighted by molar-refractivity contribution is 5.98. The number of aromatic nitrogens is 2. The fourth-order valence-corrected chi connectivity index (χ4v) is 4.82. The molecule has 0 bridgehead atoms. The maximum Gasteiger partial charge on any atom is 0.390 e. The van der Waals surface area contributed by atoms with Crippen LogP contribution in [0.5, 0.6) is 5.75 Å². The average Bonchev–Trinajstić information content (AvgIpc) is 3.58. The van der Waals surface area contributed by atoms with Crippen molar-refractivity contribution in [2.45, 2.75) is 45.2 Å². The van der Waals surface area contributed by atoms with Gasteiger partial charge in [0.25, 0.3) is 0 Å². The van der Waals surface area contributed by atoms with E-state index >= 15 is 0 Å². The molecule has 1 heterocycles. The molecule has 39 heavy (non-hydrogen) atoms. The highest BCUT2D eigenvalue weighted by Crippen LogP contribution is 2.34. The summed E-state index contributed by atoms with van der Waals surface area (Å²) in [5, 5.41) is 2.89. The lowest BCUT2D eigenvalue weighted by molar-refractivity contribution is -0.131. The van der Waals surface area contributed by atoms with E-state index in [4.69, 9.17) is 4.74 Å². The van der Waals surface area contributed by atoms with Crippen molar-refractivity contribution in [2.75, 3.05) is 19.0 Å². The monoisotopic (exact) mass is 539 g/mol. The number of Topliss-reactive ketones (excluding diaryl/α,β-unsaturated/α-hetero) is 1. The van der Waals surface area contributed by atoms with Crippen molar-refractivity contribution in [1.29, 1.82) is 0 Å². The van der Waals surface area contributed by atoms with E-state index in [-0.39, 0.29) is 18.1 Å². The second kappa shape index (κ2) is 10.7. The number of nitrogens with zero attached hydrogens (tertiary/aromatic N) is 2. The molecule has 1 aliphatic rings. The Morgan fingerprint density at radius 3 is 2.56 bits per heavy atom. The molecule has 5 rings (SSSR count). The van der Waals surface area contributed by atoms with Crippen molar-refractivity contribution in [3.8, 4) is 11.4 Å². The van der Waals surface area contributed by atoms with Crippen LogP contribution in [0.25, 0.3) is 16.7 Å². The van der Waals surface area contributed by atoms with Gasteiger partial charge in [-0.15, -0.1) is 0 Å². The van der Waals surface area contributed by atoms with Crippen LogP contribution >= 0.6 is 0 Å². The molecule has 1 saturated carbocycles. The number of hydrogen-bond acceptors (Lipinski definition) is 4. The number of benzene rings is 3. The molecule has 9 heteroatoms. The minimum atomic E-state index is -4.29. The first-order valence-electron chi connectivity index (χ1n) is 12.9. The summed E-state index contributed by atoms with van der Waals surface area (Å²) < 4.78 is 59.7. The summed E-state index contributed by atoms with van der Waals surface area (Å²) in [7, 11) is 1.39. The van der Waals surface area contributed by atoms with E-state index in [1.807, 2.05) is 35.8 Å².